The van der Waals surface area contributed by atoms with Crippen LogP contribution in [-0.2, 0) is 4.79 Å². The van der Waals surface area contributed by atoms with Gasteiger partial charge in [0.15, 0.2) is 0 Å². The minimum Gasteiger partial charge on any atom is -0.338 e. The van der Waals surface area contributed by atoms with E-state index in [0.717, 1.165) is 13.0 Å². The van der Waals surface area contributed by atoms with Gasteiger partial charge in [-0.1, -0.05) is 13.8 Å². The number of nitrogens with zero attached hydrogens (tertiary/aromatic N) is 2. The lowest BCUT2D eigenvalue weighted by molar-refractivity contribution is -0.143. The molecule has 0 aromatic carbocycles. The Kier molecular flexibility index (Phi) is 3.96. The van der Waals surface area contributed by atoms with Crippen LogP contribution >= 0.6 is 0 Å². The zero-order chi connectivity index (χ0) is 12.3. The maximum atomic E-state index is 12.3. The summed E-state index contributed by atoms with van der Waals surface area (Å²) in [6.07, 6.45) is 2.82. The molecule has 3 heteroatoms. The van der Waals surface area contributed by atoms with Crippen molar-refractivity contribution in [2.75, 3.05) is 6.54 Å². The van der Waals surface area contributed by atoms with Gasteiger partial charge in [-0.3, -0.25) is 4.79 Å². The Labute approximate surface area is 98.4 Å². The van der Waals surface area contributed by atoms with Crippen LogP contribution in [-0.4, -0.2) is 23.4 Å². The van der Waals surface area contributed by atoms with Crippen molar-refractivity contribution in [3.63, 3.8) is 0 Å². The first kappa shape index (κ1) is 13.0. The van der Waals surface area contributed by atoms with Gasteiger partial charge in [0.25, 0.3) is 0 Å². The first-order valence-electron chi connectivity index (χ1n) is 6.18. The number of likely N-dealkylation sites (tertiary alicyclic amines) is 1. The molecule has 3 nitrogen and oxygen atoms in total. The molecule has 1 aliphatic rings. The van der Waals surface area contributed by atoms with E-state index in [0.29, 0.717) is 12.3 Å². The molecule has 0 bridgehead atoms. The lowest BCUT2D eigenvalue weighted by Crippen LogP contribution is -2.51. The van der Waals surface area contributed by atoms with Gasteiger partial charge in [-0.15, -0.1) is 0 Å². The van der Waals surface area contributed by atoms with Crippen LogP contribution in [0.2, 0.25) is 0 Å². The Hall–Kier alpha value is -1.04. The monoisotopic (exact) mass is 222 g/mol. The minimum absolute atomic E-state index is 0.0107. The number of hydrogen-bond donors (Lipinski definition) is 0. The Morgan fingerprint density at radius 1 is 1.56 bits per heavy atom. The molecule has 1 saturated heterocycles. The first-order chi connectivity index (χ1) is 7.46. The van der Waals surface area contributed by atoms with E-state index in [1.54, 1.807) is 6.92 Å². The van der Waals surface area contributed by atoms with E-state index in [9.17, 15) is 4.79 Å². The van der Waals surface area contributed by atoms with E-state index in [1.165, 1.54) is 6.42 Å². The lowest BCUT2D eigenvalue weighted by atomic mass is 9.84. The predicted molar refractivity (Wildman–Crippen MR) is 63.6 cm³/mol. The van der Waals surface area contributed by atoms with Crippen LogP contribution in [0.4, 0.5) is 0 Å². The molecule has 0 spiro atoms. The van der Waals surface area contributed by atoms with E-state index in [1.807, 2.05) is 11.8 Å². The highest BCUT2D eigenvalue weighted by molar-refractivity contribution is 5.85. The molecule has 1 amide bonds. The summed E-state index contributed by atoms with van der Waals surface area (Å²) in [7, 11) is 0. The second-order valence-corrected chi connectivity index (χ2v) is 5.16. The minimum atomic E-state index is -0.842. The molecule has 3 unspecified atom stereocenters. The predicted octanol–water partition coefficient (Wildman–Crippen LogP) is 2.57. The number of carbonyl (C=O) groups is 1. The molecule has 0 saturated carbocycles. The van der Waals surface area contributed by atoms with Crippen molar-refractivity contribution >= 4 is 5.91 Å². The standard InChI is InChI=1S/C13H22N2O/c1-5-13(4,9-14)12(16)15-8-6-7-10(2)11(15)3/h10-11H,5-8H2,1-4H3. The maximum Gasteiger partial charge on any atom is 0.242 e. The van der Waals surface area contributed by atoms with Gasteiger partial charge in [0.2, 0.25) is 5.91 Å². The summed E-state index contributed by atoms with van der Waals surface area (Å²) in [6, 6.07) is 2.43. The molecule has 1 heterocycles. The third-order valence-corrected chi connectivity index (χ3v) is 4.06. The fraction of sp³-hybridized carbons (Fsp3) is 0.846. The number of amides is 1. The summed E-state index contributed by atoms with van der Waals surface area (Å²) in [6.45, 7) is 8.73. The molecule has 0 aromatic heterocycles. The topological polar surface area (TPSA) is 44.1 Å². The van der Waals surface area contributed by atoms with Crippen molar-refractivity contribution < 1.29 is 4.79 Å². The summed E-state index contributed by atoms with van der Waals surface area (Å²) < 4.78 is 0. The normalized spacial score (nSPS) is 29.3. The zero-order valence-electron chi connectivity index (χ0n) is 10.8. The fourth-order valence-electron chi connectivity index (χ4n) is 2.22. The number of nitriles is 1. The molecule has 0 aliphatic carbocycles. The summed E-state index contributed by atoms with van der Waals surface area (Å²) in [4.78, 5) is 14.2. The van der Waals surface area contributed by atoms with E-state index in [4.69, 9.17) is 5.26 Å². The van der Waals surface area contributed by atoms with Crippen LogP contribution in [0.3, 0.4) is 0 Å². The summed E-state index contributed by atoms with van der Waals surface area (Å²) in [5.41, 5.74) is -0.842. The Morgan fingerprint density at radius 2 is 2.19 bits per heavy atom. The van der Waals surface area contributed by atoms with E-state index >= 15 is 0 Å². The van der Waals surface area contributed by atoms with Gasteiger partial charge in [-0.2, -0.15) is 5.26 Å². The van der Waals surface area contributed by atoms with Crippen molar-refractivity contribution in [3.8, 4) is 6.07 Å². The second-order valence-electron chi connectivity index (χ2n) is 5.16. The third kappa shape index (κ3) is 2.21. The van der Waals surface area contributed by atoms with Gasteiger partial charge in [-0.25, -0.2) is 0 Å². The molecule has 1 rings (SSSR count). The van der Waals surface area contributed by atoms with Gasteiger partial charge < -0.3 is 4.90 Å². The SMILES string of the molecule is CCC(C)(C#N)C(=O)N1CCCC(C)C1C. The highest BCUT2D eigenvalue weighted by Crippen LogP contribution is 2.29. The van der Waals surface area contributed by atoms with Gasteiger partial charge in [0, 0.05) is 12.6 Å². The molecule has 1 fully saturated rings. The summed E-state index contributed by atoms with van der Waals surface area (Å²) >= 11 is 0. The molecule has 0 radical (unpaired) electrons. The van der Waals surface area contributed by atoms with Crippen LogP contribution in [0.15, 0.2) is 0 Å². The molecular weight excluding hydrogens is 200 g/mol. The van der Waals surface area contributed by atoms with E-state index in [-0.39, 0.29) is 11.9 Å². The van der Waals surface area contributed by atoms with Gasteiger partial charge in [-0.05, 0) is 39.0 Å². The first-order valence-corrected chi connectivity index (χ1v) is 6.18. The average molecular weight is 222 g/mol. The molecule has 16 heavy (non-hydrogen) atoms. The van der Waals surface area contributed by atoms with E-state index < -0.39 is 5.41 Å². The second kappa shape index (κ2) is 4.86. The largest absolute Gasteiger partial charge is 0.338 e. The zero-order valence-corrected chi connectivity index (χ0v) is 10.8. The van der Waals surface area contributed by atoms with Gasteiger partial charge in [0.1, 0.15) is 5.41 Å². The Bertz CT molecular complexity index is 308. The van der Waals surface area contributed by atoms with Crippen LogP contribution in [0.25, 0.3) is 0 Å². The molecule has 3 atom stereocenters. The molecule has 0 aromatic rings. The van der Waals surface area contributed by atoms with Gasteiger partial charge in [0.05, 0.1) is 6.07 Å². The van der Waals surface area contributed by atoms with Gasteiger partial charge >= 0.3 is 0 Å². The van der Waals surface area contributed by atoms with Crippen molar-refractivity contribution in [2.24, 2.45) is 11.3 Å². The average Bonchev–Trinajstić information content (AvgIpc) is 2.31. The summed E-state index contributed by atoms with van der Waals surface area (Å²) in [5, 5.41) is 9.14. The molecular formula is C13H22N2O. The van der Waals surface area contributed by atoms with Crippen LogP contribution in [0.1, 0.15) is 47.0 Å². The number of carbonyl (C=O) groups excluding carboxylic acids is 1. The molecule has 90 valence electrons. The van der Waals surface area contributed by atoms with Crippen molar-refractivity contribution in [3.05, 3.63) is 0 Å². The third-order valence-electron chi connectivity index (χ3n) is 4.06. The fourth-order valence-corrected chi connectivity index (χ4v) is 2.22. The quantitative estimate of drug-likeness (QED) is 0.720. The van der Waals surface area contributed by atoms with Crippen molar-refractivity contribution in [2.45, 2.75) is 53.0 Å². The molecule has 1 aliphatic heterocycles. The highest BCUT2D eigenvalue weighted by Gasteiger charge is 2.39. The summed E-state index contributed by atoms with van der Waals surface area (Å²) in [5.74, 6) is 0.550. The number of piperidine rings is 1. The van der Waals surface area contributed by atoms with E-state index in [2.05, 4.69) is 19.9 Å². The number of hydrogen-bond acceptors (Lipinski definition) is 2. The van der Waals surface area contributed by atoms with Crippen LogP contribution < -0.4 is 0 Å². The van der Waals surface area contributed by atoms with Crippen molar-refractivity contribution in [1.82, 2.24) is 4.90 Å². The Morgan fingerprint density at radius 3 is 2.69 bits per heavy atom. The maximum absolute atomic E-state index is 12.3. The molecule has 0 N–H and O–H groups in total. The number of rotatable bonds is 2. The van der Waals surface area contributed by atoms with Crippen molar-refractivity contribution in [1.29, 1.82) is 5.26 Å². The Balaban J connectivity index is 2.85. The van der Waals surface area contributed by atoms with Crippen LogP contribution in [0.5, 0.6) is 0 Å². The lowest BCUT2D eigenvalue weighted by Gasteiger charge is -2.40. The highest BCUT2D eigenvalue weighted by atomic mass is 16.2. The smallest absolute Gasteiger partial charge is 0.242 e. The van der Waals surface area contributed by atoms with Crippen LogP contribution in [0, 0.1) is 22.7 Å².